The Morgan fingerprint density at radius 3 is 2.46 bits per heavy atom. The van der Waals surface area contributed by atoms with E-state index >= 15 is 0 Å². The molecule has 2 rings (SSSR count). The fraction of sp³-hybridized carbons (Fsp3) is 0.444. The zero-order chi connectivity index (χ0) is 17.4. The fourth-order valence-corrected chi connectivity index (χ4v) is 2.54. The molecule has 0 radical (unpaired) electrons. The number of carbonyl (C=O) groups excluding carboxylic acids is 2. The summed E-state index contributed by atoms with van der Waals surface area (Å²) in [6, 6.07) is 5.30. The number of nitrogens with zero attached hydrogens (tertiary/aromatic N) is 1. The highest BCUT2D eigenvalue weighted by molar-refractivity contribution is 5.89. The fourth-order valence-electron chi connectivity index (χ4n) is 2.54. The molecule has 0 spiro atoms. The largest absolute Gasteiger partial charge is 0.493 e. The molecule has 1 heterocycles. The van der Waals surface area contributed by atoms with Crippen molar-refractivity contribution in [3.05, 3.63) is 29.8 Å². The van der Waals surface area contributed by atoms with Crippen LogP contribution in [0.15, 0.2) is 24.3 Å². The Morgan fingerprint density at radius 1 is 1.08 bits per heavy atom. The first-order valence-corrected chi connectivity index (χ1v) is 7.98. The second kappa shape index (κ2) is 8.96. The first kappa shape index (κ1) is 17.8. The van der Waals surface area contributed by atoms with Gasteiger partial charge in [0.05, 0.1) is 14.2 Å². The second-order valence-corrected chi connectivity index (χ2v) is 5.50. The summed E-state index contributed by atoms with van der Waals surface area (Å²) in [6.07, 6.45) is 6.08. The monoisotopic (exact) mass is 333 g/mol. The van der Waals surface area contributed by atoms with Gasteiger partial charge in [0.25, 0.3) is 5.91 Å². The highest BCUT2D eigenvalue weighted by atomic mass is 16.5. The number of amides is 1. The molecule has 1 aromatic rings. The van der Waals surface area contributed by atoms with E-state index in [-0.39, 0.29) is 12.5 Å². The van der Waals surface area contributed by atoms with Gasteiger partial charge in [-0.25, -0.2) is 4.79 Å². The zero-order valence-electron chi connectivity index (χ0n) is 14.1. The van der Waals surface area contributed by atoms with E-state index < -0.39 is 5.97 Å². The molecule has 0 aliphatic carbocycles. The Labute approximate surface area is 142 Å². The lowest BCUT2D eigenvalue weighted by atomic mass is 10.1. The molecular weight excluding hydrogens is 310 g/mol. The van der Waals surface area contributed by atoms with E-state index in [0.29, 0.717) is 11.5 Å². The summed E-state index contributed by atoms with van der Waals surface area (Å²) in [4.78, 5) is 25.4. The van der Waals surface area contributed by atoms with Gasteiger partial charge >= 0.3 is 5.97 Å². The quantitative estimate of drug-likeness (QED) is 0.590. The predicted octanol–water partition coefficient (Wildman–Crippen LogP) is 2.27. The number of benzene rings is 1. The van der Waals surface area contributed by atoms with Crippen molar-refractivity contribution in [1.82, 2.24) is 4.90 Å². The molecule has 0 aromatic heterocycles. The number of methoxy groups -OCH3 is 2. The Bertz CT molecular complexity index is 605. The lowest BCUT2D eigenvalue weighted by Gasteiger charge is -2.26. The van der Waals surface area contributed by atoms with Crippen molar-refractivity contribution >= 4 is 18.0 Å². The molecule has 24 heavy (non-hydrogen) atoms. The number of rotatable bonds is 6. The number of carbonyl (C=O) groups is 2. The van der Waals surface area contributed by atoms with Gasteiger partial charge in [0.15, 0.2) is 18.1 Å². The summed E-state index contributed by atoms with van der Waals surface area (Å²) in [5.74, 6) is 0.510. The van der Waals surface area contributed by atoms with Gasteiger partial charge in [-0.3, -0.25) is 4.79 Å². The molecule has 0 N–H and O–H groups in total. The lowest BCUT2D eigenvalue weighted by Crippen LogP contribution is -2.38. The van der Waals surface area contributed by atoms with Crippen molar-refractivity contribution in [1.29, 1.82) is 0 Å². The molecule has 6 nitrogen and oxygen atoms in total. The third kappa shape index (κ3) is 5.01. The number of piperidine rings is 1. The van der Waals surface area contributed by atoms with Gasteiger partial charge in [0.2, 0.25) is 0 Å². The number of hydrogen-bond acceptors (Lipinski definition) is 5. The summed E-state index contributed by atoms with van der Waals surface area (Å²) in [7, 11) is 3.11. The topological polar surface area (TPSA) is 65.1 Å². The molecule has 0 saturated carbocycles. The molecule has 130 valence electrons. The minimum Gasteiger partial charge on any atom is -0.493 e. The molecule has 1 fully saturated rings. The first-order valence-electron chi connectivity index (χ1n) is 7.98. The molecule has 0 unspecified atom stereocenters. The summed E-state index contributed by atoms with van der Waals surface area (Å²) in [5, 5.41) is 0. The average molecular weight is 333 g/mol. The van der Waals surface area contributed by atoms with Crippen LogP contribution in [0.1, 0.15) is 24.8 Å². The third-order valence-electron chi connectivity index (χ3n) is 3.87. The van der Waals surface area contributed by atoms with E-state index in [1.165, 1.54) is 6.08 Å². The van der Waals surface area contributed by atoms with E-state index in [1.54, 1.807) is 43.4 Å². The van der Waals surface area contributed by atoms with Crippen molar-refractivity contribution in [2.45, 2.75) is 19.3 Å². The van der Waals surface area contributed by atoms with Gasteiger partial charge in [0.1, 0.15) is 0 Å². The van der Waals surface area contributed by atoms with E-state index in [4.69, 9.17) is 14.2 Å². The van der Waals surface area contributed by atoms with Crippen LogP contribution in [0.4, 0.5) is 0 Å². The summed E-state index contributed by atoms with van der Waals surface area (Å²) < 4.78 is 15.4. The zero-order valence-corrected chi connectivity index (χ0v) is 14.1. The van der Waals surface area contributed by atoms with Crippen LogP contribution in [0.25, 0.3) is 6.08 Å². The SMILES string of the molecule is COc1ccc(C=CC(=O)OCC(=O)N2CCCCC2)cc1OC. The first-order chi connectivity index (χ1) is 11.6. The highest BCUT2D eigenvalue weighted by Gasteiger charge is 2.17. The molecule has 1 aliphatic rings. The molecule has 1 aliphatic heterocycles. The Kier molecular flexibility index (Phi) is 6.66. The molecular formula is C18H23NO5. The van der Waals surface area contributed by atoms with Crippen LogP contribution >= 0.6 is 0 Å². The van der Waals surface area contributed by atoms with Crippen molar-refractivity contribution in [3.63, 3.8) is 0 Å². The van der Waals surface area contributed by atoms with E-state index in [1.807, 2.05) is 0 Å². The minimum atomic E-state index is -0.546. The van der Waals surface area contributed by atoms with Gasteiger partial charge in [0, 0.05) is 19.2 Å². The van der Waals surface area contributed by atoms with Crippen LogP contribution < -0.4 is 9.47 Å². The van der Waals surface area contributed by atoms with E-state index in [0.717, 1.165) is 37.9 Å². The van der Waals surface area contributed by atoms with Gasteiger partial charge < -0.3 is 19.1 Å². The van der Waals surface area contributed by atoms with Crippen molar-refractivity contribution in [3.8, 4) is 11.5 Å². The number of esters is 1. The van der Waals surface area contributed by atoms with Gasteiger partial charge in [-0.2, -0.15) is 0 Å². The molecule has 6 heteroatoms. The maximum Gasteiger partial charge on any atom is 0.331 e. The third-order valence-corrected chi connectivity index (χ3v) is 3.87. The maximum atomic E-state index is 11.9. The van der Waals surface area contributed by atoms with Gasteiger partial charge in [-0.15, -0.1) is 0 Å². The van der Waals surface area contributed by atoms with E-state index in [2.05, 4.69) is 0 Å². The van der Waals surface area contributed by atoms with Crippen molar-refractivity contribution < 1.29 is 23.8 Å². The summed E-state index contributed by atoms with van der Waals surface area (Å²) in [5.41, 5.74) is 0.770. The predicted molar refractivity (Wildman–Crippen MR) is 90.0 cm³/mol. The molecule has 1 amide bonds. The lowest BCUT2D eigenvalue weighted by molar-refractivity contribution is -0.148. The smallest absolute Gasteiger partial charge is 0.331 e. The van der Waals surface area contributed by atoms with Crippen LogP contribution in [-0.4, -0.2) is 50.7 Å². The Morgan fingerprint density at radius 2 is 1.79 bits per heavy atom. The molecule has 0 atom stereocenters. The standard InChI is InChI=1S/C18H23NO5/c1-22-15-8-6-14(12-16(15)23-2)7-9-18(21)24-13-17(20)19-10-4-3-5-11-19/h6-9,12H,3-5,10-11,13H2,1-2H3. The maximum absolute atomic E-state index is 11.9. The number of hydrogen-bond donors (Lipinski definition) is 0. The van der Waals surface area contributed by atoms with Gasteiger partial charge in [-0.1, -0.05) is 6.07 Å². The second-order valence-electron chi connectivity index (χ2n) is 5.50. The number of likely N-dealkylation sites (tertiary alicyclic amines) is 1. The van der Waals surface area contributed by atoms with E-state index in [9.17, 15) is 9.59 Å². The Balaban J connectivity index is 1.85. The van der Waals surface area contributed by atoms with Crippen molar-refractivity contribution in [2.75, 3.05) is 33.9 Å². The van der Waals surface area contributed by atoms with Crippen LogP contribution in [0.3, 0.4) is 0 Å². The van der Waals surface area contributed by atoms with Crippen LogP contribution in [-0.2, 0) is 14.3 Å². The minimum absolute atomic E-state index is 0.137. The average Bonchev–Trinajstić information content (AvgIpc) is 2.64. The summed E-state index contributed by atoms with van der Waals surface area (Å²) in [6.45, 7) is 1.28. The molecule has 0 bridgehead atoms. The van der Waals surface area contributed by atoms with Crippen molar-refractivity contribution in [2.24, 2.45) is 0 Å². The van der Waals surface area contributed by atoms with Crippen LogP contribution in [0, 0.1) is 0 Å². The molecule has 1 aromatic carbocycles. The van der Waals surface area contributed by atoms with Crippen LogP contribution in [0.2, 0.25) is 0 Å². The van der Waals surface area contributed by atoms with Crippen LogP contribution in [0.5, 0.6) is 11.5 Å². The normalized spacial score (nSPS) is 14.5. The molecule has 1 saturated heterocycles. The Hall–Kier alpha value is -2.50. The number of ether oxygens (including phenoxy) is 3. The van der Waals surface area contributed by atoms with Gasteiger partial charge in [-0.05, 0) is 43.0 Å². The highest BCUT2D eigenvalue weighted by Crippen LogP contribution is 2.27. The summed E-state index contributed by atoms with van der Waals surface area (Å²) >= 11 is 0.